The van der Waals surface area contributed by atoms with Gasteiger partial charge in [-0.1, -0.05) is 91.0 Å². The number of fused-ring (bicyclic) bond motifs is 10. The number of carbonyl (C=O) groups excluding carboxylic acids is 2. The van der Waals surface area contributed by atoms with Gasteiger partial charge < -0.3 is 15.3 Å². The maximum atomic E-state index is 13.9. The minimum atomic E-state index is -0.691. The maximum absolute atomic E-state index is 13.9. The summed E-state index contributed by atoms with van der Waals surface area (Å²) in [6.45, 7) is 20.0. The predicted molar refractivity (Wildman–Crippen MR) is 239 cm³/mol. The molecule has 8 fully saturated rings. The SMILES string of the molecule is C.C.C.CC[C@H]1C(=O)[C@@H]2[C@H](CC[C@]3(C)[C@@H]([C@H](C)C(=O)O)CC[C@@H]23)[C@@]2(C)CC[C@@H](C)C[C@@H]12.CC[C@H]1C(=O)[C@@H]2[C@H](CC[C@]3(C)[C@@H]([C@H](C)C(=O)O)CC[C@@H]23)[C@@]2(C)CC[C@@H](O)C[C@@H]12.[V]. The summed E-state index contributed by atoms with van der Waals surface area (Å²) in [6.07, 6.45) is 16.4. The van der Waals surface area contributed by atoms with E-state index in [-0.39, 0.29) is 111 Å². The van der Waals surface area contributed by atoms with Crippen LogP contribution in [0, 0.1) is 110 Å². The molecule has 8 rings (SSSR count). The standard InChI is InChI=1S/C25H40O3.C24H38O4.3CH4.V/c1-6-16-20-13-14(2)9-11-25(20,5)19-10-12-24(4)17(15(3)23(27)28)7-8-18(24)21(19)22(16)26;1-5-15-19-12-14(25)8-10-24(19,4)18-9-11-23(3)16(13(2)22(27)28)6-7-17(23)20(18)21(15)26;;;;/h14-21H,6-13H2,1-5H3,(H,27,28);13-20,25H,5-12H2,1-4H3,(H,27,28);3*1H4;/t14-,15+,16-,17-,18+,19+,20+,21+,24-,25-;13-,14+,15+,16+,17-,18-,19-,20-,23+,24+;;;;/m10..../s1. The Bertz CT molecular complexity index is 1440. The fourth-order valence-corrected chi connectivity index (χ4v) is 17.6. The van der Waals surface area contributed by atoms with E-state index >= 15 is 0 Å². The summed E-state index contributed by atoms with van der Waals surface area (Å²) < 4.78 is 0. The zero-order valence-electron chi connectivity index (χ0n) is 37.0. The Morgan fingerprint density at radius 3 is 1.30 bits per heavy atom. The van der Waals surface area contributed by atoms with E-state index in [1.165, 1.54) is 19.3 Å². The molecule has 8 aliphatic carbocycles. The number of hydrogen-bond acceptors (Lipinski definition) is 5. The van der Waals surface area contributed by atoms with Crippen LogP contribution in [0.15, 0.2) is 0 Å². The van der Waals surface area contributed by atoms with Crippen LogP contribution < -0.4 is 0 Å². The van der Waals surface area contributed by atoms with Crippen LogP contribution >= 0.6 is 0 Å². The van der Waals surface area contributed by atoms with Crippen LogP contribution in [-0.4, -0.2) is 44.9 Å². The number of hydrogen-bond donors (Lipinski definition) is 3. The Labute approximate surface area is 378 Å². The normalized spacial score (nSPS) is 48.3. The van der Waals surface area contributed by atoms with Gasteiger partial charge >= 0.3 is 11.9 Å². The molecule has 0 aromatic heterocycles. The molecule has 345 valence electrons. The van der Waals surface area contributed by atoms with E-state index in [2.05, 4.69) is 48.5 Å². The van der Waals surface area contributed by atoms with Crippen molar-refractivity contribution < 1.29 is 53.1 Å². The van der Waals surface area contributed by atoms with Crippen molar-refractivity contribution in [1.29, 1.82) is 0 Å². The fourth-order valence-electron chi connectivity index (χ4n) is 17.6. The summed E-state index contributed by atoms with van der Waals surface area (Å²) in [5.74, 6) is 3.31. The van der Waals surface area contributed by atoms with Crippen molar-refractivity contribution in [2.24, 2.45) is 110 Å². The summed E-state index contributed by atoms with van der Waals surface area (Å²) >= 11 is 0. The summed E-state index contributed by atoms with van der Waals surface area (Å²) in [5, 5.41) is 29.6. The second-order valence-corrected chi connectivity index (χ2v) is 22.6. The smallest absolute Gasteiger partial charge is 0.306 e. The molecule has 0 aromatic carbocycles. The molecule has 0 saturated heterocycles. The van der Waals surface area contributed by atoms with Gasteiger partial charge in [-0.3, -0.25) is 19.2 Å². The van der Waals surface area contributed by atoms with Gasteiger partial charge in [0.25, 0.3) is 0 Å². The molecular formula is C52H90O7V. The quantitative estimate of drug-likeness (QED) is 0.242. The number of aliphatic carboxylic acids is 2. The van der Waals surface area contributed by atoms with Crippen LogP contribution in [0.4, 0.5) is 0 Å². The van der Waals surface area contributed by atoms with Crippen LogP contribution in [0.5, 0.6) is 0 Å². The van der Waals surface area contributed by atoms with E-state index in [1.807, 2.05) is 13.8 Å². The van der Waals surface area contributed by atoms with Crippen LogP contribution in [0.1, 0.15) is 187 Å². The van der Waals surface area contributed by atoms with Crippen LogP contribution in [0.2, 0.25) is 0 Å². The maximum Gasteiger partial charge on any atom is 0.306 e. The molecule has 0 aliphatic heterocycles. The third-order valence-electron chi connectivity index (χ3n) is 20.7. The van der Waals surface area contributed by atoms with Gasteiger partial charge in [-0.05, 0) is 171 Å². The first-order valence-electron chi connectivity index (χ1n) is 23.5. The number of carboxylic acids is 2. The molecule has 3 N–H and O–H groups in total. The molecule has 0 aromatic rings. The topological polar surface area (TPSA) is 129 Å². The number of carbonyl (C=O) groups is 4. The predicted octanol–water partition coefficient (Wildman–Crippen LogP) is 12.3. The van der Waals surface area contributed by atoms with Gasteiger partial charge in [0.05, 0.1) is 17.9 Å². The van der Waals surface area contributed by atoms with Crippen molar-refractivity contribution in [3.63, 3.8) is 0 Å². The van der Waals surface area contributed by atoms with E-state index < -0.39 is 11.9 Å². The molecule has 8 heteroatoms. The van der Waals surface area contributed by atoms with Crippen LogP contribution in [0.25, 0.3) is 0 Å². The van der Waals surface area contributed by atoms with E-state index in [9.17, 15) is 34.5 Å². The number of Topliss-reactive ketones (excluding diaryl/α,β-unsaturated/α-hetero) is 2. The Balaban J connectivity index is 0.000000300. The third-order valence-corrected chi connectivity index (χ3v) is 20.7. The molecule has 0 spiro atoms. The molecule has 20 atom stereocenters. The molecule has 8 saturated carbocycles. The van der Waals surface area contributed by atoms with Gasteiger partial charge in [0.15, 0.2) is 0 Å². The molecule has 0 unspecified atom stereocenters. The van der Waals surface area contributed by atoms with Gasteiger partial charge in [0.2, 0.25) is 0 Å². The van der Waals surface area contributed by atoms with Crippen LogP contribution in [-0.2, 0) is 37.7 Å². The second kappa shape index (κ2) is 19.1. The minimum absolute atomic E-state index is 0. The number of carboxylic acid groups (broad SMARTS) is 2. The zero-order chi connectivity index (χ0) is 40.9. The second-order valence-electron chi connectivity index (χ2n) is 22.6. The first kappa shape index (κ1) is 53.2. The average molecular weight is 878 g/mol. The van der Waals surface area contributed by atoms with Gasteiger partial charge in [0, 0.05) is 42.2 Å². The fraction of sp³-hybridized carbons (Fsp3) is 0.923. The molecule has 1 radical (unpaired) electrons. The Kier molecular flexibility index (Phi) is 16.9. The van der Waals surface area contributed by atoms with Crippen molar-refractivity contribution in [3.8, 4) is 0 Å². The van der Waals surface area contributed by atoms with Crippen molar-refractivity contribution in [1.82, 2.24) is 0 Å². The van der Waals surface area contributed by atoms with Gasteiger partial charge in [0.1, 0.15) is 11.6 Å². The molecule has 0 amide bonds. The van der Waals surface area contributed by atoms with Gasteiger partial charge in [-0.15, -0.1) is 0 Å². The van der Waals surface area contributed by atoms with E-state index in [4.69, 9.17) is 0 Å². The zero-order valence-corrected chi connectivity index (χ0v) is 38.4. The van der Waals surface area contributed by atoms with Crippen molar-refractivity contribution in [2.75, 3.05) is 0 Å². The van der Waals surface area contributed by atoms with E-state index in [0.717, 1.165) is 89.4 Å². The summed E-state index contributed by atoms with van der Waals surface area (Å²) in [5.41, 5.74) is 0.461. The Morgan fingerprint density at radius 1 is 0.567 bits per heavy atom. The van der Waals surface area contributed by atoms with E-state index in [1.54, 1.807) is 0 Å². The van der Waals surface area contributed by atoms with Gasteiger partial charge in [-0.2, -0.15) is 0 Å². The first-order valence-corrected chi connectivity index (χ1v) is 23.5. The number of aliphatic hydroxyl groups is 1. The molecular weight excluding hydrogens is 788 g/mol. The Hall–Kier alpha value is -1.18. The largest absolute Gasteiger partial charge is 0.481 e. The van der Waals surface area contributed by atoms with Crippen molar-refractivity contribution >= 4 is 23.5 Å². The van der Waals surface area contributed by atoms with Crippen molar-refractivity contribution in [3.05, 3.63) is 0 Å². The Morgan fingerprint density at radius 2 is 0.917 bits per heavy atom. The van der Waals surface area contributed by atoms with Crippen molar-refractivity contribution in [2.45, 2.75) is 193 Å². The summed E-state index contributed by atoms with van der Waals surface area (Å²) in [7, 11) is 0. The summed E-state index contributed by atoms with van der Waals surface area (Å²) in [6, 6.07) is 0. The average Bonchev–Trinajstić information content (AvgIpc) is 3.69. The number of ketones is 2. The number of rotatable bonds is 6. The summed E-state index contributed by atoms with van der Waals surface area (Å²) in [4.78, 5) is 51.1. The molecule has 60 heavy (non-hydrogen) atoms. The molecule has 0 heterocycles. The molecule has 8 aliphatic rings. The van der Waals surface area contributed by atoms with Crippen LogP contribution in [0.3, 0.4) is 0 Å². The number of aliphatic hydroxyl groups excluding tert-OH is 1. The minimum Gasteiger partial charge on any atom is -0.481 e. The third kappa shape index (κ3) is 8.00. The molecule has 7 nitrogen and oxygen atoms in total. The van der Waals surface area contributed by atoms with E-state index in [0.29, 0.717) is 52.5 Å². The van der Waals surface area contributed by atoms with Gasteiger partial charge in [-0.25, -0.2) is 0 Å². The first-order chi connectivity index (χ1) is 26.3. The molecule has 0 bridgehead atoms. The monoisotopic (exact) mass is 878 g/mol.